The van der Waals surface area contributed by atoms with E-state index in [0.29, 0.717) is 17.5 Å². The molecule has 5 heteroatoms. The van der Waals surface area contributed by atoms with E-state index in [1.54, 1.807) is 0 Å². The number of fused-ring (bicyclic) bond motifs is 10. The number of halogens is 1. The summed E-state index contributed by atoms with van der Waals surface area (Å²) in [6.07, 6.45) is 0.651. The predicted molar refractivity (Wildman–Crippen MR) is 104 cm³/mol. The maximum Gasteiger partial charge on any atom is 0.259 e. The van der Waals surface area contributed by atoms with Crippen molar-refractivity contribution in [3.05, 3.63) is 69.2 Å². The van der Waals surface area contributed by atoms with Gasteiger partial charge < -0.3 is 4.98 Å². The standard InChI is InChI=1S/C21H11BrN2O2/c22-10-5-6-11-9(7-10)8-13-15(11)19-16(12-3-1-2-4-14(12)23-19)18-17(13)20(25)24-21(18)26/h1-7,23H,8H2,(H,24,25,26). The number of nitrogens with one attached hydrogen (secondary N) is 2. The largest absolute Gasteiger partial charge is 0.354 e. The highest BCUT2D eigenvalue weighted by molar-refractivity contribution is 9.10. The fourth-order valence-electron chi connectivity index (χ4n) is 4.46. The Hall–Kier alpha value is -2.92. The average Bonchev–Trinajstić information content (AvgIpc) is 3.25. The Bertz CT molecular complexity index is 1330. The fraction of sp³-hybridized carbons (Fsp3) is 0.0476. The maximum absolute atomic E-state index is 12.6. The third-order valence-corrected chi connectivity index (χ3v) is 5.94. The monoisotopic (exact) mass is 402 g/mol. The molecule has 1 aliphatic carbocycles. The molecule has 2 N–H and O–H groups in total. The molecular weight excluding hydrogens is 392 g/mol. The van der Waals surface area contributed by atoms with Gasteiger partial charge in [-0.2, -0.15) is 0 Å². The molecule has 2 aliphatic rings. The number of para-hydroxylation sites is 1. The topological polar surface area (TPSA) is 62.0 Å². The van der Waals surface area contributed by atoms with Crippen LogP contribution >= 0.6 is 15.9 Å². The minimum absolute atomic E-state index is 0.291. The number of amides is 2. The summed E-state index contributed by atoms with van der Waals surface area (Å²) in [5.74, 6) is -0.597. The number of carbonyl (C=O) groups is 2. The van der Waals surface area contributed by atoms with Crippen LogP contribution in [0.25, 0.3) is 32.9 Å². The number of hydrogen-bond donors (Lipinski definition) is 2. The van der Waals surface area contributed by atoms with E-state index >= 15 is 0 Å². The van der Waals surface area contributed by atoms with E-state index in [1.165, 1.54) is 0 Å². The van der Waals surface area contributed by atoms with Gasteiger partial charge in [-0.3, -0.25) is 14.9 Å². The highest BCUT2D eigenvalue weighted by Crippen LogP contribution is 2.48. The van der Waals surface area contributed by atoms with E-state index in [-0.39, 0.29) is 11.8 Å². The van der Waals surface area contributed by atoms with Gasteiger partial charge in [0.05, 0.1) is 16.6 Å². The second-order valence-electron chi connectivity index (χ2n) is 6.79. The van der Waals surface area contributed by atoms with Crippen LogP contribution in [0.1, 0.15) is 31.8 Å². The van der Waals surface area contributed by atoms with E-state index in [2.05, 4.69) is 38.4 Å². The molecule has 0 saturated carbocycles. The van der Waals surface area contributed by atoms with Gasteiger partial charge in [0.25, 0.3) is 11.8 Å². The van der Waals surface area contributed by atoms with Gasteiger partial charge in [-0.05, 0) is 41.3 Å². The minimum Gasteiger partial charge on any atom is -0.354 e. The van der Waals surface area contributed by atoms with Gasteiger partial charge in [0.1, 0.15) is 0 Å². The Labute approximate surface area is 156 Å². The lowest BCUT2D eigenvalue weighted by Gasteiger charge is -2.08. The van der Waals surface area contributed by atoms with Crippen molar-refractivity contribution in [2.24, 2.45) is 0 Å². The number of imide groups is 1. The highest BCUT2D eigenvalue weighted by Gasteiger charge is 2.38. The second-order valence-corrected chi connectivity index (χ2v) is 7.70. The maximum atomic E-state index is 12.6. The quantitative estimate of drug-likeness (QED) is 0.373. The molecule has 0 saturated heterocycles. The molecule has 3 aromatic carbocycles. The Kier molecular flexibility index (Phi) is 2.54. The minimum atomic E-state index is -0.306. The van der Waals surface area contributed by atoms with Crippen LogP contribution < -0.4 is 5.32 Å². The normalized spacial score (nSPS) is 14.7. The van der Waals surface area contributed by atoms with Crippen molar-refractivity contribution in [2.75, 3.05) is 0 Å². The van der Waals surface area contributed by atoms with E-state index in [0.717, 1.165) is 48.5 Å². The summed E-state index contributed by atoms with van der Waals surface area (Å²) in [5, 5.41) is 4.31. The van der Waals surface area contributed by atoms with Crippen LogP contribution in [0.15, 0.2) is 46.9 Å². The molecule has 1 aliphatic heterocycles. The van der Waals surface area contributed by atoms with Crippen LogP contribution in [0.5, 0.6) is 0 Å². The molecule has 124 valence electrons. The zero-order chi connectivity index (χ0) is 17.6. The number of hydrogen-bond acceptors (Lipinski definition) is 2. The molecule has 0 atom stereocenters. The Morgan fingerprint density at radius 3 is 2.62 bits per heavy atom. The molecule has 0 fully saturated rings. The van der Waals surface area contributed by atoms with Crippen molar-refractivity contribution < 1.29 is 9.59 Å². The first-order chi connectivity index (χ1) is 12.6. The van der Waals surface area contributed by atoms with Gasteiger partial charge in [-0.15, -0.1) is 0 Å². The van der Waals surface area contributed by atoms with Crippen molar-refractivity contribution >= 4 is 49.6 Å². The summed E-state index contributed by atoms with van der Waals surface area (Å²) < 4.78 is 1.01. The molecule has 1 aromatic heterocycles. The molecule has 6 rings (SSSR count). The smallest absolute Gasteiger partial charge is 0.259 e. The molecule has 0 radical (unpaired) electrons. The Morgan fingerprint density at radius 2 is 1.73 bits per heavy atom. The van der Waals surface area contributed by atoms with Crippen LogP contribution in [-0.2, 0) is 6.42 Å². The van der Waals surface area contributed by atoms with E-state index in [4.69, 9.17) is 0 Å². The Balaban J connectivity index is 1.89. The third-order valence-electron chi connectivity index (χ3n) is 5.44. The van der Waals surface area contributed by atoms with Gasteiger partial charge in [0.15, 0.2) is 0 Å². The third kappa shape index (κ3) is 1.59. The first kappa shape index (κ1) is 14.3. The molecule has 0 bridgehead atoms. The van der Waals surface area contributed by atoms with Crippen molar-refractivity contribution in [2.45, 2.75) is 6.42 Å². The summed E-state index contributed by atoms with van der Waals surface area (Å²) in [6, 6.07) is 14.1. The SMILES string of the molecule is O=C1NC(=O)c2c1c1c(c3[nH]c4ccccc4c23)-c2ccc(Br)cc2C1. The van der Waals surface area contributed by atoms with E-state index in [1.807, 2.05) is 30.3 Å². The summed E-state index contributed by atoms with van der Waals surface area (Å²) in [7, 11) is 0. The van der Waals surface area contributed by atoms with Crippen molar-refractivity contribution in [1.82, 2.24) is 10.3 Å². The number of aromatic amines is 1. The summed E-state index contributed by atoms with van der Waals surface area (Å²) >= 11 is 3.53. The lowest BCUT2D eigenvalue weighted by Crippen LogP contribution is -2.20. The summed E-state index contributed by atoms with van der Waals surface area (Å²) in [6.45, 7) is 0. The predicted octanol–water partition coefficient (Wildman–Crippen LogP) is 4.54. The second kappa shape index (κ2) is 4.62. The Morgan fingerprint density at radius 1 is 0.923 bits per heavy atom. The molecule has 0 unspecified atom stereocenters. The van der Waals surface area contributed by atoms with Gasteiger partial charge >= 0.3 is 0 Å². The van der Waals surface area contributed by atoms with Gasteiger partial charge in [-0.1, -0.05) is 40.2 Å². The van der Waals surface area contributed by atoms with E-state index in [9.17, 15) is 9.59 Å². The fourth-order valence-corrected chi connectivity index (χ4v) is 4.87. The number of rotatable bonds is 0. The highest BCUT2D eigenvalue weighted by atomic mass is 79.9. The first-order valence-electron chi connectivity index (χ1n) is 8.37. The lowest BCUT2D eigenvalue weighted by molar-refractivity contribution is 0.0880. The van der Waals surface area contributed by atoms with Crippen LogP contribution in [0.3, 0.4) is 0 Å². The molecule has 2 amide bonds. The molecule has 2 heterocycles. The molecule has 4 nitrogen and oxygen atoms in total. The summed E-state index contributed by atoms with van der Waals surface area (Å²) in [4.78, 5) is 28.7. The van der Waals surface area contributed by atoms with Crippen LogP contribution in [0.2, 0.25) is 0 Å². The average molecular weight is 403 g/mol. The molecule has 4 aromatic rings. The molecule has 0 spiro atoms. The van der Waals surface area contributed by atoms with Gasteiger partial charge in [0.2, 0.25) is 0 Å². The zero-order valence-electron chi connectivity index (χ0n) is 13.4. The van der Waals surface area contributed by atoms with Crippen LogP contribution in [0, 0.1) is 0 Å². The number of H-pyrrole nitrogens is 1. The van der Waals surface area contributed by atoms with Crippen molar-refractivity contribution in [1.29, 1.82) is 0 Å². The van der Waals surface area contributed by atoms with Gasteiger partial charge in [-0.25, -0.2) is 0 Å². The number of aromatic nitrogens is 1. The van der Waals surface area contributed by atoms with Crippen molar-refractivity contribution in [3.63, 3.8) is 0 Å². The first-order valence-corrected chi connectivity index (χ1v) is 9.16. The van der Waals surface area contributed by atoms with Crippen LogP contribution in [-0.4, -0.2) is 16.8 Å². The molecular formula is C21H11BrN2O2. The van der Waals surface area contributed by atoms with E-state index < -0.39 is 0 Å². The number of benzene rings is 3. The van der Waals surface area contributed by atoms with Crippen molar-refractivity contribution in [3.8, 4) is 11.1 Å². The number of carbonyl (C=O) groups excluding carboxylic acids is 2. The van der Waals surface area contributed by atoms with Crippen LogP contribution in [0.4, 0.5) is 0 Å². The van der Waals surface area contributed by atoms with Gasteiger partial charge in [0, 0.05) is 26.3 Å². The molecule has 26 heavy (non-hydrogen) atoms. The zero-order valence-corrected chi connectivity index (χ0v) is 15.0. The lowest BCUT2D eigenvalue weighted by atomic mass is 9.92. The summed E-state index contributed by atoms with van der Waals surface area (Å²) in [5.41, 5.74) is 7.21.